The first-order valence-electron chi connectivity index (χ1n) is 5.72. The number of nitrogens with zero attached hydrogens (tertiary/aromatic N) is 1. The Morgan fingerprint density at radius 3 is 2.80 bits per heavy atom. The Balaban J connectivity index is 1.70. The Morgan fingerprint density at radius 1 is 1.33 bits per heavy atom. The van der Waals surface area contributed by atoms with Crippen LogP contribution in [-0.2, 0) is 4.79 Å². The first-order chi connectivity index (χ1) is 7.29. The van der Waals surface area contributed by atoms with Crippen LogP contribution in [0.2, 0.25) is 0 Å². The van der Waals surface area contributed by atoms with Gasteiger partial charge in [0.25, 0.3) is 0 Å². The van der Waals surface area contributed by atoms with Crippen molar-refractivity contribution in [2.45, 2.75) is 44.2 Å². The van der Waals surface area contributed by atoms with Crippen molar-refractivity contribution in [1.82, 2.24) is 10.6 Å². The van der Waals surface area contributed by atoms with Gasteiger partial charge in [-0.2, -0.15) is 5.26 Å². The van der Waals surface area contributed by atoms with Crippen molar-refractivity contribution in [2.24, 2.45) is 5.92 Å². The maximum atomic E-state index is 11.5. The number of nitrogens with one attached hydrogen (secondary N) is 2. The third kappa shape index (κ3) is 2.93. The summed E-state index contributed by atoms with van der Waals surface area (Å²) in [6, 6.07) is 2.91. The molecule has 0 aromatic heterocycles. The molecule has 0 heterocycles. The summed E-state index contributed by atoms with van der Waals surface area (Å²) >= 11 is 0. The number of hydrogen-bond acceptors (Lipinski definition) is 3. The van der Waals surface area contributed by atoms with E-state index in [9.17, 15) is 4.79 Å². The molecule has 4 heteroatoms. The van der Waals surface area contributed by atoms with E-state index in [2.05, 4.69) is 16.7 Å². The second-order valence-electron chi connectivity index (χ2n) is 4.50. The zero-order valence-corrected chi connectivity index (χ0v) is 8.83. The summed E-state index contributed by atoms with van der Waals surface area (Å²) in [6.45, 7) is 0.402. The summed E-state index contributed by atoms with van der Waals surface area (Å²) in [6.07, 6.45) is 5.32. The molecule has 82 valence electrons. The monoisotopic (exact) mass is 207 g/mol. The second-order valence-corrected chi connectivity index (χ2v) is 4.50. The number of nitriles is 1. The average Bonchev–Trinajstić information content (AvgIpc) is 2.96. The van der Waals surface area contributed by atoms with Crippen molar-refractivity contribution in [2.75, 3.05) is 6.54 Å². The maximum Gasteiger partial charge on any atom is 0.234 e. The van der Waals surface area contributed by atoms with Gasteiger partial charge in [-0.1, -0.05) is 0 Å². The first kappa shape index (κ1) is 10.4. The predicted molar refractivity (Wildman–Crippen MR) is 55.9 cm³/mol. The van der Waals surface area contributed by atoms with Gasteiger partial charge in [0.1, 0.15) is 0 Å². The molecule has 0 bridgehead atoms. The molecule has 2 saturated carbocycles. The van der Waals surface area contributed by atoms with E-state index in [1.165, 1.54) is 12.8 Å². The summed E-state index contributed by atoms with van der Waals surface area (Å²) in [5.41, 5.74) is 0. The molecule has 0 aromatic carbocycles. The Bertz CT molecular complexity index is 280. The molecule has 2 fully saturated rings. The minimum Gasteiger partial charge on any atom is -0.351 e. The Morgan fingerprint density at radius 2 is 2.13 bits per heavy atom. The largest absolute Gasteiger partial charge is 0.351 e. The molecule has 0 radical (unpaired) electrons. The van der Waals surface area contributed by atoms with E-state index in [0.29, 0.717) is 12.6 Å². The van der Waals surface area contributed by atoms with Gasteiger partial charge in [0, 0.05) is 12.1 Å². The zero-order chi connectivity index (χ0) is 10.7. The number of rotatable bonds is 4. The van der Waals surface area contributed by atoms with Gasteiger partial charge in [-0.05, 0) is 32.1 Å². The van der Waals surface area contributed by atoms with E-state index >= 15 is 0 Å². The molecular formula is C11H17N3O. The van der Waals surface area contributed by atoms with E-state index in [-0.39, 0.29) is 17.9 Å². The van der Waals surface area contributed by atoms with E-state index in [4.69, 9.17) is 5.26 Å². The maximum absolute atomic E-state index is 11.5. The summed E-state index contributed by atoms with van der Waals surface area (Å²) in [5, 5.41) is 15.0. The lowest BCUT2D eigenvalue weighted by atomic mass is 10.1. The SMILES string of the molecule is N#CC1CCCC1NC(=O)CNC1CC1. The predicted octanol–water partition coefficient (Wildman–Crippen LogP) is 0.547. The second kappa shape index (κ2) is 4.63. The molecule has 0 aromatic rings. The third-order valence-corrected chi connectivity index (χ3v) is 3.16. The number of amides is 1. The molecular weight excluding hydrogens is 190 g/mol. The van der Waals surface area contributed by atoms with Crippen molar-refractivity contribution >= 4 is 5.91 Å². The lowest BCUT2D eigenvalue weighted by molar-refractivity contribution is -0.121. The highest BCUT2D eigenvalue weighted by Gasteiger charge is 2.28. The molecule has 0 spiro atoms. The van der Waals surface area contributed by atoms with E-state index < -0.39 is 0 Å². The van der Waals surface area contributed by atoms with Crippen LogP contribution in [-0.4, -0.2) is 24.5 Å². The van der Waals surface area contributed by atoms with Crippen molar-refractivity contribution in [3.63, 3.8) is 0 Å². The summed E-state index contributed by atoms with van der Waals surface area (Å²) in [7, 11) is 0. The number of hydrogen-bond donors (Lipinski definition) is 2. The van der Waals surface area contributed by atoms with Crippen LogP contribution in [0.25, 0.3) is 0 Å². The van der Waals surface area contributed by atoms with Crippen LogP contribution in [0.15, 0.2) is 0 Å². The highest BCUT2D eigenvalue weighted by Crippen LogP contribution is 2.24. The van der Waals surface area contributed by atoms with Gasteiger partial charge in [-0.15, -0.1) is 0 Å². The molecule has 2 atom stereocenters. The summed E-state index contributed by atoms with van der Waals surface area (Å²) in [5.74, 6) is 0.0592. The van der Waals surface area contributed by atoms with Gasteiger partial charge in [-0.3, -0.25) is 4.79 Å². The molecule has 2 N–H and O–H groups in total. The van der Waals surface area contributed by atoms with Crippen LogP contribution in [0.5, 0.6) is 0 Å². The van der Waals surface area contributed by atoms with E-state index in [0.717, 1.165) is 19.3 Å². The topological polar surface area (TPSA) is 64.9 Å². The fourth-order valence-corrected chi connectivity index (χ4v) is 2.07. The fraction of sp³-hybridized carbons (Fsp3) is 0.818. The van der Waals surface area contributed by atoms with Crippen molar-refractivity contribution in [3.8, 4) is 6.07 Å². The van der Waals surface area contributed by atoms with Crippen LogP contribution in [0, 0.1) is 17.2 Å². The summed E-state index contributed by atoms with van der Waals surface area (Å²) in [4.78, 5) is 11.5. The van der Waals surface area contributed by atoms with Gasteiger partial charge in [0.15, 0.2) is 0 Å². The molecule has 1 amide bonds. The smallest absolute Gasteiger partial charge is 0.234 e. The van der Waals surface area contributed by atoms with Crippen LogP contribution >= 0.6 is 0 Å². The molecule has 2 rings (SSSR count). The van der Waals surface area contributed by atoms with E-state index in [1.807, 2.05) is 0 Å². The zero-order valence-electron chi connectivity index (χ0n) is 8.83. The molecule has 2 unspecified atom stereocenters. The Hall–Kier alpha value is -1.08. The molecule has 0 aliphatic heterocycles. The molecule has 4 nitrogen and oxygen atoms in total. The quantitative estimate of drug-likeness (QED) is 0.707. The molecule has 2 aliphatic rings. The van der Waals surface area contributed by atoms with Gasteiger partial charge < -0.3 is 10.6 Å². The number of carbonyl (C=O) groups is 1. The van der Waals surface area contributed by atoms with Crippen molar-refractivity contribution < 1.29 is 4.79 Å². The van der Waals surface area contributed by atoms with Crippen LogP contribution < -0.4 is 10.6 Å². The fourth-order valence-electron chi connectivity index (χ4n) is 2.07. The Kier molecular flexibility index (Phi) is 3.22. The van der Waals surface area contributed by atoms with E-state index in [1.54, 1.807) is 0 Å². The van der Waals surface area contributed by atoms with Crippen LogP contribution in [0.1, 0.15) is 32.1 Å². The van der Waals surface area contributed by atoms with Crippen LogP contribution in [0.4, 0.5) is 0 Å². The lowest BCUT2D eigenvalue weighted by Gasteiger charge is -2.15. The average molecular weight is 207 g/mol. The van der Waals surface area contributed by atoms with Gasteiger partial charge >= 0.3 is 0 Å². The minimum absolute atomic E-state index is 0.0230. The lowest BCUT2D eigenvalue weighted by Crippen LogP contribution is -2.42. The van der Waals surface area contributed by atoms with Crippen LogP contribution in [0.3, 0.4) is 0 Å². The number of carbonyl (C=O) groups excluding carboxylic acids is 1. The normalized spacial score (nSPS) is 29.8. The molecule has 15 heavy (non-hydrogen) atoms. The Labute approximate surface area is 90.0 Å². The standard InChI is InChI=1S/C11H17N3O/c12-6-8-2-1-3-10(8)14-11(15)7-13-9-4-5-9/h8-10,13H,1-5,7H2,(H,14,15). The first-order valence-corrected chi connectivity index (χ1v) is 5.72. The summed E-state index contributed by atoms with van der Waals surface area (Å²) < 4.78 is 0. The van der Waals surface area contributed by atoms with Crippen molar-refractivity contribution in [3.05, 3.63) is 0 Å². The highest BCUT2D eigenvalue weighted by molar-refractivity contribution is 5.78. The van der Waals surface area contributed by atoms with Crippen molar-refractivity contribution in [1.29, 1.82) is 5.26 Å². The van der Waals surface area contributed by atoms with Gasteiger partial charge in [0.05, 0.1) is 18.5 Å². The third-order valence-electron chi connectivity index (χ3n) is 3.16. The van der Waals surface area contributed by atoms with Gasteiger partial charge in [-0.25, -0.2) is 0 Å². The highest BCUT2D eigenvalue weighted by atomic mass is 16.2. The molecule has 2 aliphatic carbocycles. The minimum atomic E-state index is 0.0230. The van der Waals surface area contributed by atoms with Gasteiger partial charge in [0.2, 0.25) is 5.91 Å². The molecule has 0 saturated heterocycles.